The van der Waals surface area contributed by atoms with E-state index < -0.39 is 5.97 Å². The lowest BCUT2D eigenvalue weighted by Crippen LogP contribution is -2.38. The maximum absolute atomic E-state index is 11.0. The molecule has 3 nitrogen and oxygen atoms in total. The summed E-state index contributed by atoms with van der Waals surface area (Å²) in [5, 5.41) is 12.2. The van der Waals surface area contributed by atoms with E-state index >= 15 is 0 Å². The number of rotatable bonds is 14. The zero-order chi connectivity index (χ0) is 19.6. The normalized spacial score (nSPS) is 15.7. The van der Waals surface area contributed by atoms with Gasteiger partial charge in [-0.15, -0.1) is 32.9 Å². The molecule has 0 bridgehead atoms. The quantitative estimate of drug-likeness (QED) is 0.425. The number of hydrogen-bond donors (Lipinski definition) is 2. The van der Waals surface area contributed by atoms with Gasteiger partial charge in [0.15, 0.2) is 0 Å². The van der Waals surface area contributed by atoms with Crippen LogP contribution in [0.25, 0.3) is 0 Å². The molecular formula is C23H31NO2. The molecule has 0 saturated carbocycles. The summed E-state index contributed by atoms with van der Waals surface area (Å²) in [5.41, 5.74) is 4.79. The van der Waals surface area contributed by atoms with E-state index in [4.69, 9.17) is 5.11 Å². The van der Waals surface area contributed by atoms with Crippen LogP contribution < -0.4 is 5.32 Å². The maximum atomic E-state index is 11.0. The van der Waals surface area contributed by atoms with Crippen molar-refractivity contribution < 1.29 is 9.90 Å². The molecule has 0 aromatic rings. The first-order valence-corrected chi connectivity index (χ1v) is 8.94. The summed E-state index contributed by atoms with van der Waals surface area (Å²) in [4.78, 5) is 11.0. The lowest BCUT2D eigenvalue weighted by atomic mass is 9.71. The second kappa shape index (κ2) is 10.6. The largest absolute Gasteiger partial charge is 0.480 e. The number of hydrogen-bond acceptors (Lipinski definition) is 2. The fourth-order valence-electron chi connectivity index (χ4n) is 3.99. The van der Waals surface area contributed by atoms with Gasteiger partial charge in [-0.05, 0) is 43.3 Å². The molecule has 1 aliphatic rings. The maximum Gasteiger partial charge on any atom is 0.317 e. The minimum atomic E-state index is -0.863. The van der Waals surface area contributed by atoms with Crippen molar-refractivity contribution in [1.82, 2.24) is 5.32 Å². The molecule has 0 radical (unpaired) electrons. The fraction of sp³-hybridized carbons (Fsp3) is 0.348. The second-order valence-corrected chi connectivity index (χ2v) is 6.46. The van der Waals surface area contributed by atoms with Crippen LogP contribution in [0.4, 0.5) is 0 Å². The van der Waals surface area contributed by atoms with Crippen LogP contribution >= 0.6 is 0 Å². The average Bonchev–Trinajstić information content (AvgIpc) is 2.81. The van der Waals surface area contributed by atoms with Gasteiger partial charge in [-0.2, -0.15) is 0 Å². The van der Waals surface area contributed by atoms with Crippen LogP contribution in [0, 0.1) is 5.41 Å². The Kier molecular flexibility index (Phi) is 8.80. The van der Waals surface area contributed by atoms with Crippen molar-refractivity contribution in [3.63, 3.8) is 0 Å². The third kappa shape index (κ3) is 4.61. The lowest BCUT2D eigenvalue weighted by molar-refractivity contribution is -0.136. The number of nitrogens with one attached hydrogen (secondary N) is 1. The number of carboxylic acid groups (broad SMARTS) is 1. The summed E-state index contributed by atoms with van der Waals surface area (Å²) in [5.74, 6) is -0.863. The van der Waals surface area contributed by atoms with Crippen molar-refractivity contribution in [2.75, 3.05) is 13.1 Å². The van der Waals surface area contributed by atoms with E-state index in [1.807, 2.05) is 30.4 Å². The molecule has 0 aromatic carbocycles. The van der Waals surface area contributed by atoms with E-state index in [2.05, 4.69) is 38.2 Å². The Bertz CT molecular complexity index is 609. The molecule has 140 valence electrons. The molecule has 2 N–H and O–H groups in total. The number of aliphatic carboxylic acids is 1. The van der Waals surface area contributed by atoms with Gasteiger partial charge in [-0.3, -0.25) is 4.79 Å². The van der Waals surface area contributed by atoms with Gasteiger partial charge in [0.25, 0.3) is 0 Å². The van der Waals surface area contributed by atoms with Gasteiger partial charge < -0.3 is 10.4 Å². The topological polar surface area (TPSA) is 49.3 Å². The predicted octanol–water partition coefficient (Wildman–Crippen LogP) is 5.13. The fourth-order valence-corrected chi connectivity index (χ4v) is 3.99. The van der Waals surface area contributed by atoms with Gasteiger partial charge in [-0.25, -0.2) is 0 Å². The minimum Gasteiger partial charge on any atom is -0.480 e. The molecule has 0 fully saturated rings. The van der Waals surface area contributed by atoms with Gasteiger partial charge in [0.1, 0.15) is 0 Å². The molecule has 0 heterocycles. The first-order chi connectivity index (χ1) is 12.5. The molecule has 0 aromatic heterocycles. The first-order valence-electron chi connectivity index (χ1n) is 8.94. The smallest absolute Gasteiger partial charge is 0.317 e. The Morgan fingerprint density at radius 3 is 1.65 bits per heavy atom. The van der Waals surface area contributed by atoms with Gasteiger partial charge in [0.2, 0.25) is 0 Å². The molecule has 0 amide bonds. The van der Waals surface area contributed by atoms with Crippen molar-refractivity contribution in [3.8, 4) is 0 Å². The van der Waals surface area contributed by atoms with Gasteiger partial charge in [0, 0.05) is 12.0 Å². The molecule has 0 aliphatic heterocycles. The second-order valence-electron chi connectivity index (χ2n) is 6.46. The van der Waals surface area contributed by atoms with Crippen molar-refractivity contribution in [1.29, 1.82) is 0 Å². The van der Waals surface area contributed by atoms with E-state index in [0.717, 1.165) is 32.1 Å². The Labute approximate surface area is 157 Å². The molecule has 0 saturated heterocycles. The van der Waals surface area contributed by atoms with Gasteiger partial charge in [0.05, 0.1) is 6.54 Å². The summed E-state index contributed by atoms with van der Waals surface area (Å²) < 4.78 is 0. The Morgan fingerprint density at radius 1 is 0.846 bits per heavy atom. The van der Waals surface area contributed by atoms with E-state index in [-0.39, 0.29) is 12.0 Å². The van der Waals surface area contributed by atoms with Crippen molar-refractivity contribution in [2.45, 2.75) is 32.1 Å². The number of allylic oxidation sites excluding steroid dienone is 7. The summed E-state index contributed by atoms with van der Waals surface area (Å²) in [7, 11) is 0. The molecular weight excluding hydrogens is 322 g/mol. The molecule has 0 atom stereocenters. The first kappa shape index (κ1) is 21.7. The van der Waals surface area contributed by atoms with E-state index in [1.54, 1.807) is 0 Å². The molecule has 1 rings (SSSR count). The highest BCUT2D eigenvalue weighted by Gasteiger charge is 2.43. The van der Waals surface area contributed by atoms with Gasteiger partial charge in [-0.1, -0.05) is 41.5 Å². The standard InChI is InChI=1S/C23H31NO2/c1-6-11-18-19(12-7-2)21(14-9-4)23(15-10-5,20(18)13-8-3)17-24-16-22(25)26/h6-10,24H,1-5,11-17H2,(H,25,26). The van der Waals surface area contributed by atoms with Crippen LogP contribution in [0.15, 0.2) is 85.6 Å². The predicted molar refractivity (Wildman–Crippen MR) is 111 cm³/mol. The molecule has 1 aliphatic carbocycles. The van der Waals surface area contributed by atoms with Crippen LogP contribution in [-0.4, -0.2) is 24.2 Å². The van der Waals surface area contributed by atoms with Crippen molar-refractivity contribution in [3.05, 3.63) is 85.6 Å². The molecule has 0 unspecified atom stereocenters. The lowest BCUT2D eigenvalue weighted by Gasteiger charge is -2.35. The zero-order valence-corrected chi connectivity index (χ0v) is 15.7. The highest BCUT2D eigenvalue weighted by molar-refractivity contribution is 5.69. The number of carboxylic acids is 1. The Hall–Kier alpha value is -2.39. The zero-order valence-electron chi connectivity index (χ0n) is 15.7. The van der Waals surface area contributed by atoms with Gasteiger partial charge >= 0.3 is 5.97 Å². The highest BCUT2D eigenvalue weighted by atomic mass is 16.4. The van der Waals surface area contributed by atoms with E-state index in [0.29, 0.717) is 6.54 Å². The van der Waals surface area contributed by atoms with Crippen LogP contribution in [0.5, 0.6) is 0 Å². The third-order valence-corrected chi connectivity index (χ3v) is 4.84. The SMILES string of the molecule is C=CCC1=C(CC=C)C(CC=C)(CNCC(=O)O)C(CC=C)=C1CC=C. The molecule has 26 heavy (non-hydrogen) atoms. The molecule has 0 spiro atoms. The summed E-state index contributed by atoms with van der Waals surface area (Å²) in [6.07, 6.45) is 13.3. The summed E-state index contributed by atoms with van der Waals surface area (Å²) in [6.45, 7) is 20.1. The van der Waals surface area contributed by atoms with Crippen LogP contribution in [0.2, 0.25) is 0 Å². The highest BCUT2D eigenvalue weighted by Crippen LogP contribution is 2.54. The average molecular weight is 354 g/mol. The van der Waals surface area contributed by atoms with Crippen LogP contribution in [-0.2, 0) is 4.79 Å². The third-order valence-electron chi connectivity index (χ3n) is 4.84. The monoisotopic (exact) mass is 353 g/mol. The molecule has 3 heteroatoms. The van der Waals surface area contributed by atoms with Crippen molar-refractivity contribution in [2.24, 2.45) is 5.41 Å². The summed E-state index contributed by atoms with van der Waals surface area (Å²) in [6, 6.07) is 0. The Balaban J connectivity index is 3.61. The summed E-state index contributed by atoms with van der Waals surface area (Å²) >= 11 is 0. The number of carbonyl (C=O) groups is 1. The van der Waals surface area contributed by atoms with Crippen LogP contribution in [0.3, 0.4) is 0 Å². The van der Waals surface area contributed by atoms with Crippen molar-refractivity contribution >= 4 is 5.97 Å². The Morgan fingerprint density at radius 2 is 1.31 bits per heavy atom. The van der Waals surface area contributed by atoms with E-state index in [1.165, 1.54) is 22.3 Å². The van der Waals surface area contributed by atoms with Crippen LogP contribution in [0.1, 0.15) is 32.1 Å². The minimum absolute atomic E-state index is 0.0742. The van der Waals surface area contributed by atoms with E-state index in [9.17, 15) is 4.79 Å².